The monoisotopic (exact) mass is 416 g/mol. The maximum absolute atomic E-state index is 15.4. The zero-order valence-corrected chi connectivity index (χ0v) is 19.9. The van der Waals surface area contributed by atoms with E-state index in [1.54, 1.807) is 6.42 Å². The van der Waals surface area contributed by atoms with Gasteiger partial charge in [0.1, 0.15) is 6.17 Å². The summed E-state index contributed by atoms with van der Waals surface area (Å²) in [7, 11) is 0. The summed E-state index contributed by atoms with van der Waals surface area (Å²) < 4.78 is 15.4. The van der Waals surface area contributed by atoms with Gasteiger partial charge in [-0.25, -0.2) is 4.39 Å². The molecule has 5 rings (SSSR count). The number of halogens is 1. The van der Waals surface area contributed by atoms with E-state index >= 15 is 4.39 Å². The summed E-state index contributed by atoms with van der Waals surface area (Å²) in [6, 6.07) is 0. The van der Waals surface area contributed by atoms with Crippen LogP contribution in [0.3, 0.4) is 0 Å². The predicted octanol–water partition coefficient (Wildman–Crippen LogP) is 8.98. The molecule has 0 aliphatic heterocycles. The first-order valence-corrected chi connectivity index (χ1v) is 14.3. The van der Waals surface area contributed by atoms with Crippen LogP contribution >= 0.6 is 0 Å². The summed E-state index contributed by atoms with van der Waals surface area (Å²) in [4.78, 5) is 0. The fraction of sp³-hybridized carbons (Fsp3) is 1.00. The lowest BCUT2D eigenvalue weighted by molar-refractivity contribution is 0.0216. The van der Waals surface area contributed by atoms with Crippen molar-refractivity contribution >= 4 is 0 Å². The van der Waals surface area contributed by atoms with Gasteiger partial charge in [-0.1, -0.05) is 45.4 Å². The highest BCUT2D eigenvalue weighted by atomic mass is 19.1. The molecule has 5 fully saturated rings. The summed E-state index contributed by atoms with van der Waals surface area (Å²) in [5.41, 5.74) is 0. The molecule has 0 nitrogen and oxygen atoms in total. The van der Waals surface area contributed by atoms with Gasteiger partial charge in [0.05, 0.1) is 0 Å². The molecule has 0 amide bonds. The maximum Gasteiger partial charge on any atom is 0.103 e. The van der Waals surface area contributed by atoms with Crippen LogP contribution in [0.25, 0.3) is 0 Å². The summed E-state index contributed by atoms with van der Waals surface area (Å²) in [5.74, 6) is 7.79. The molecule has 5 aliphatic carbocycles. The molecule has 0 saturated heterocycles. The molecule has 1 heteroatoms. The van der Waals surface area contributed by atoms with E-state index in [0.717, 1.165) is 47.8 Å². The minimum atomic E-state index is -0.484. The molecule has 0 aromatic heterocycles. The van der Waals surface area contributed by atoms with Crippen LogP contribution in [0.2, 0.25) is 0 Å². The van der Waals surface area contributed by atoms with Crippen molar-refractivity contribution in [3.63, 3.8) is 0 Å². The molecule has 0 bridgehead atoms. The Morgan fingerprint density at radius 3 is 1.53 bits per heavy atom. The van der Waals surface area contributed by atoms with Crippen LogP contribution in [0, 0.1) is 53.3 Å². The van der Waals surface area contributed by atoms with Crippen LogP contribution in [0.1, 0.15) is 122 Å². The zero-order chi connectivity index (χ0) is 20.5. The second-order valence-corrected chi connectivity index (χ2v) is 12.8. The Morgan fingerprint density at radius 2 is 0.867 bits per heavy atom. The van der Waals surface area contributed by atoms with Crippen LogP contribution in [0.4, 0.5) is 4.39 Å². The molecule has 0 N–H and O–H groups in total. The van der Waals surface area contributed by atoms with E-state index in [9.17, 15) is 0 Å². The summed E-state index contributed by atoms with van der Waals surface area (Å²) >= 11 is 0. The van der Waals surface area contributed by atoms with Crippen molar-refractivity contribution < 1.29 is 4.39 Å². The van der Waals surface area contributed by atoms with Gasteiger partial charge in [-0.05, 0) is 130 Å². The highest BCUT2D eigenvalue weighted by Crippen LogP contribution is 2.51. The van der Waals surface area contributed by atoms with Gasteiger partial charge in [0.25, 0.3) is 0 Å². The van der Waals surface area contributed by atoms with Gasteiger partial charge in [-0.15, -0.1) is 0 Å². The van der Waals surface area contributed by atoms with Crippen molar-refractivity contribution in [1.82, 2.24) is 0 Å². The third-order valence-corrected chi connectivity index (χ3v) is 11.3. The van der Waals surface area contributed by atoms with Gasteiger partial charge < -0.3 is 0 Å². The first kappa shape index (κ1) is 21.8. The number of alkyl halides is 1. The predicted molar refractivity (Wildman–Crippen MR) is 125 cm³/mol. The molecule has 0 radical (unpaired) electrons. The van der Waals surface area contributed by atoms with E-state index in [4.69, 9.17) is 0 Å². The molecule has 0 aromatic carbocycles. The maximum atomic E-state index is 15.4. The van der Waals surface area contributed by atoms with Gasteiger partial charge in [0, 0.05) is 0 Å². The molecule has 6 unspecified atom stereocenters. The van der Waals surface area contributed by atoms with Crippen LogP contribution < -0.4 is 0 Å². The molecule has 0 heterocycles. The standard InChI is InChI=1S/C29H49F/c1-20-6-8-22(9-7-20)27-16-17-28(29(30)19-27)24-13-10-23(11-14-24)26-15-12-21-4-2-3-5-25(21)18-26/h20-29H,2-19H2,1H3. The fourth-order valence-corrected chi connectivity index (χ4v) is 9.27. The van der Waals surface area contributed by atoms with Gasteiger partial charge in [-0.3, -0.25) is 0 Å². The van der Waals surface area contributed by atoms with Gasteiger partial charge in [0.2, 0.25) is 0 Å². The first-order valence-electron chi connectivity index (χ1n) is 14.3. The second-order valence-electron chi connectivity index (χ2n) is 12.8. The second kappa shape index (κ2) is 9.82. The number of rotatable bonds is 3. The van der Waals surface area contributed by atoms with E-state index in [1.807, 2.05) is 0 Å². The average Bonchev–Trinajstić information content (AvgIpc) is 2.79. The highest BCUT2D eigenvalue weighted by molar-refractivity contribution is 4.92. The number of hydrogen-bond donors (Lipinski definition) is 0. The quantitative estimate of drug-likeness (QED) is 0.430. The van der Waals surface area contributed by atoms with Crippen molar-refractivity contribution in [1.29, 1.82) is 0 Å². The van der Waals surface area contributed by atoms with E-state index in [0.29, 0.717) is 11.8 Å². The van der Waals surface area contributed by atoms with Gasteiger partial charge >= 0.3 is 0 Å². The SMILES string of the molecule is CC1CCC(C2CCC(C3CCC(C4CCC5CCCCC5C4)CC3)C(F)C2)CC1. The van der Waals surface area contributed by atoms with Crippen LogP contribution in [0.5, 0.6) is 0 Å². The third-order valence-electron chi connectivity index (χ3n) is 11.3. The van der Waals surface area contributed by atoms with Crippen LogP contribution in [0.15, 0.2) is 0 Å². The minimum absolute atomic E-state index is 0.416. The van der Waals surface area contributed by atoms with Crippen molar-refractivity contribution in [2.45, 2.75) is 129 Å². The Hall–Kier alpha value is -0.0700. The number of fused-ring (bicyclic) bond motifs is 1. The summed E-state index contributed by atoms with van der Waals surface area (Å²) in [6.45, 7) is 2.40. The van der Waals surface area contributed by atoms with Crippen molar-refractivity contribution in [3.05, 3.63) is 0 Å². The zero-order valence-electron chi connectivity index (χ0n) is 19.9. The van der Waals surface area contributed by atoms with Crippen LogP contribution in [-0.2, 0) is 0 Å². The van der Waals surface area contributed by atoms with Crippen LogP contribution in [-0.4, -0.2) is 6.17 Å². The van der Waals surface area contributed by atoms with Crippen molar-refractivity contribution in [2.24, 2.45) is 53.3 Å². The summed E-state index contributed by atoms with van der Waals surface area (Å²) in [5, 5.41) is 0. The smallest absolute Gasteiger partial charge is 0.103 e. The normalized spacial score (nSPS) is 50.6. The molecule has 6 atom stereocenters. The molecule has 172 valence electrons. The Morgan fingerprint density at radius 1 is 0.433 bits per heavy atom. The van der Waals surface area contributed by atoms with Crippen molar-refractivity contribution in [2.75, 3.05) is 0 Å². The third kappa shape index (κ3) is 4.80. The molecule has 0 spiro atoms. The van der Waals surface area contributed by atoms with E-state index < -0.39 is 6.17 Å². The molecule has 5 saturated carbocycles. The minimum Gasteiger partial charge on any atom is -0.247 e. The lowest BCUT2D eigenvalue weighted by Gasteiger charge is -2.46. The molecular formula is C29H49F. The topological polar surface area (TPSA) is 0 Å². The molecule has 0 aromatic rings. The average molecular weight is 417 g/mol. The fourth-order valence-electron chi connectivity index (χ4n) is 9.27. The number of hydrogen-bond acceptors (Lipinski definition) is 0. The van der Waals surface area contributed by atoms with E-state index in [-0.39, 0.29) is 0 Å². The lowest BCUT2D eigenvalue weighted by atomic mass is 9.60. The first-order chi connectivity index (χ1) is 14.7. The highest BCUT2D eigenvalue weighted by Gasteiger charge is 2.42. The molecule has 30 heavy (non-hydrogen) atoms. The summed E-state index contributed by atoms with van der Waals surface area (Å²) in [6.07, 6.45) is 24.8. The Kier molecular flexibility index (Phi) is 7.13. The Balaban J connectivity index is 1.08. The Labute approximate surface area is 186 Å². The van der Waals surface area contributed by atoms with E-state index in [1.165, 1.54) is 103 Å². The van der Waals surface area contributed by atoms with E-state index in [2.05, 4.69) is 6.92 Å². The molecule has 5 aliphatic rings. The lowest BCUT2D eigenvalue weighted by Crippen LogP contribution is -2.38. The van der Waals surface area contributed by atoms with Crippen molar-refractivity contribution in [3.8, 4) is 0 Å². The molecular weight excluding hydrogens is 367 g/mol. The largest absolute Gasteiger partial charge is 0.247 e. The Bertz CT molecular complexity index is 526. The van der Waals surface area contributed by atoms with Gasteiger partial charge in [0.15, 0.2) is 0 Å². The van der Waals surface area contributed by atoms with Gasteiger partial charge in [-0.2, -0.15) is 0 Å².